The maximum atomic E-state index is 9.11. The van der Waals surface area contributed by atoms with Crippen molar-refractivity contribution in [2.45, 2.75) is 26.3 Å². The summed E-state index contributed by atoms with van der Waals surface area (Å²) in [6, 6.07) is 7.48. The number of rotatable bonds is 4. The molecule has 0 saturated heterocycles. The van der Waals surface area contributed by atoms with E-state index in [1.165, 1.54) is 4.88 Å². The van der Waals surface area contributed by atoms with Crippen LogP contribution in [0.25, 0.3) is 0 Å². The van der Waals surface area contributed by atoms with Gasteiger partial charge in [0.2, 0.25) is 0 Å². The molecular formula is C14H14ClN3S. The lowest BCUT2D eigenvalue weighted by Crippen LogP contribution is -2.07. The first-order valence-corrected chi connectivity index (χ1v) is 7.24. The zero-order chi connectivity index (χ0) is 13.8. The average molecular weight is 292 g/mol. The molecule has 1 N–H and O–H groups in total. The number of hydrogen-bond acceptors (Lipinski definition) is 4. The van der Waals surface area contributed by atoms with Gasteiger partial charge in [0.25, 0.3) is 0 Å². The van der Waals surface area contributed by atoms with E-state index >= 15 is 0 Å². The molecule has 1 aromatic carbocycles. The molecule has 1 heterocycles. The van der Waals surface area contributed by atoms with Crippen LogP contribution in [0.1, 0.15) is 35.3 Å². The minimum atomic E-state index is 0.0681. The molecule has 2 rings (SSSR count). The van der Waals surface area contributed by atoms with Gasteiger partial charge in [-0.1, -0.05) is 18.5 Å². The third-order valence-corrected chi connectivity index (χ3v) is 4.32. The summed E-state index contributed by atoms with van der Waals surface area (Å²) in [6.45, 7) is 4.15. The molecule has 0 aliphatic carbocycles. The number of halogens is 1. The summed E-state index contributed by atoms with van der Waals surface area (Å²) in [7, 11) is 0. The number of benzene rings is 1. The highest BCUT2D eigenvalue weighted by Crippen LogP contribution is 2.27. The van der Waals surface area contributed by atoms with Crippen molar-refractivity contribution in [3.63, 3.8) is 0 Å². The summed E-state index contributed by atoms with van der Waals surface area (Å²) in [5.41, 5.74) is 1.33. The van der Waals surface area contributed by atoms with Crippen molar-refractivity contribution in [3.05, 3.63) is 44.9 Å². The van der Waals surface area contributed by atoms with Gasteiger partial charge in [-0.2, -0.15) is 5.26 Å². The molecule has 0 radical (unpaired) electrons. The van der Waals surface area contributed by atoms with Crippen LogP contribution in [0, 0.1) is 11.3 Å². The molecule has 0 aliphatic rings. The summed E-state index contributed by atoms with van der Waals surface area (Å²) in [5.74, 6) is 0. The fourth-order valence-electron chi connectivity index (χ4n) is 1.72. The molecule has 0 spiro atoms. The maximum absolute atomic E-state index is 9.11. The van der Waals surface area contributed by atoms with Crippen LogP contribution in [0.15, 0.2) is 24.4 Å². The number of aryl methyl sites for hydroxylation is 1. The molecule has 0 aliphatic heterocycles. The number of nitriles is 1. The van der Waals surface area contributed by atoms with E-state index in [1.54, 1.807) is 23.5 Å². The number of thiazole rings is 1. The summed E-state index contributed by atoms with van der Waals surface area (Å²) >= 11 is 7.58. The lowest BCUT2D eigenvalue weighted by atomic mass is 10.2. The lowest BCUT2D eigenvalue weighted by molar-refractivity contribution is 0.869. The average Bonchev–Trinajstić information content (AvgIpc) is 2.89. The van der Waals surface area contributed by atoms with Gasteiger partial charge in [-0.25, -0.2) is 4.98 Å². The Morgan fingerprint density at radius 1 is 1.53 bits per heavy atom. The third kappa shape index (κ3) is 3.25. The van der Waals surface area contributed by atoms with Crippen LogP contribution in [-0.2, 0) is 6.42 Å². The molecular weight excluding hydrogens is 278 g/mol. The Morgan fingerprint density at radius 2 is 2.32 bits per heavy atom. The first-order valence-electron chi connectivity index (χ1n) is 6.04. The highest BCUT2D eigenvalue weighted by Gasteiger charge is 2.12. The van der Waals surface area contributed by atoms with Gasteiger partial charge in [-0.05, 0) is 31.5 Å². The molecule has 0 saturated carbocycles. The maximum Gasteiger partial charge on any atom is 0.115 e. The van der Waals surface area contributed by atoms with Crippen LogP contribution in [0.5, 0.6) is 0 Å². The molecule has 2 aromatic rings. The predicted molar refractivity (Wildman–Crippen MR) is 79.7 cm³/mol. The van der Waals surface area contributed by atoms with E-state index in [-0.39, 0.29) is 6.04 Å². The SMILES string of the molecule is CCc1cnc(C(C)Nc2ccc(Cl)cc2C#N)s1. The van der Waals surface area contributed by atoms with Gasteiger partial charge in [-0.3, -0.25) is 0 Å². The van der Waals surface area contributed by atoms with Crippen molar-refractivity contribution in [2.75, 3.05) is 5.32 Å². The Balaban J connectivity index is 2.19. The highest BCUT2D eigenvalue weighted by molar-refractivity contribution is 7.11. The highest BCUT2D eigenvalue weighted by atomic mass is 35.5. The van der Waals surface area contributed by atoms with Crippen LogP contribution in [0.4, 0.5) is 5.69 Å². The second-order valence-electron chi connectivity index (χ2n) is 4.19. The largest absolute Gasteiger partial charge is 0.375 e. The predicted octanol–water partition coefficient (Wildman–Crippen LogP) is 4.40. The zero-order valence-corrected chi connectivity index (χ0v) is 12.3. The first-order chi connectivity index (χ1) is 9.13. The van der Waals surface area contributed by atoms with Crippen molar-refractivity contribution in [2.24, 2.45) is 0 Å². The van der Waals surface area contributed by atoms with Crippen molar-refractivity contribution in [1.82, 2.24) is 4.98 Å². The normalized spacial score (nSPS) is 11.9. The smallest absolute Gasteiger partial charge is 0.115 e. The Hall–Kier alpha value is -1.57. The summed E-state index contributed by atoms with van der Waals surface area (Å²) < 4.78 is 0. The van der Waals surface area contributed by atoms with Gasteiger partial charge >= 0.3 is 0 Å². The monoisotopic (exact) mass is 291 g/mol. The van der Waals surface area contributed by atoms with E-state index in [2.05, 4.69) is 23.3 Å². The van der Waals surface area contributed by atoms with Gasteiger partial charge < -0.3 is 5.32 Å². The van der Waals surface area contributed by atoms with E-state index in [1.807, 2.05) is 19.2 Å². The fourth-order valence-corrected chi connectivity index (χ4v) is 2.75. The minimum absolute atomic E-state index is 0.0681. The van der Waals surface area contributed by atoms with Crippen LogP contribution in [0.2, 0.25) is 5.02 Å². The third-order valence-electron chi connectivity index (χ3n) is 2.76. The van der Waals surface area contributed by atoms with Crippen molar-refractivity contribution in [3.8, 4) is 6.07 Å². The number of nitrogens with one attached hydrogen (secondary N) is 1. The summed E-state index contributed by atoms with van der Waals surface area (Å²) in [4.78, 5) is 5.67. The van der Waals surface area contributed by atoms with Crippen molar-refractivity contribution < 1.29 is 0 Å². The van der Waals surface area contributed by atoms with E-state index in [0.29, 0.717) is 10.6 Å². The zero-order valence-electron chi connectivity index (χ0n) is 10.8. The lowest BCUT2D eigenvalue weighted by Gasteiger charge is -2.14. The fraction of sp³-hybridized carbons (Fsp3) is 0.286. The number of anilines is 1. The van der Waals surface area contributed by atoms with Crippen LogP contribution >= 0.6 is 22.9 Å². The molecule has 3 nitrogen and oxygen atoms in total. The number of aromatic nitrogens is 1. The number of hydrogen-bond donors (Lipinski definition) is 1. The molecule has 0 amide bonds. The Kier molecular flexibility index (Phi) is 4.41. The standard InChI is InChI=1S/C14H14ClN3S/c1-3-12-8-17-14(19-12)9(2)18-13-5-4-11(15)6-10(13)7-16/h4-6,8-9,18H,3H2,1-2H3. The topological polar surface area (TPSA) is 48.7 Å². The van der Waals surface area contributed by atoms with Crippen LogP contribution in [0.3, 0.4) is 0 Å². The molecule has 1 unspecified atom stereocenters. The molecule has 1 atom stereocenters. The summed E-state index contributed by atoms with van der Waals surface area (Å²) in [6.07, 6.45) is 2.90. The van der Waals surface area contributed by atoms with E-state index in [9.17, 15) is 0 Å². The Bertz CT molecular complexity index is 615. The van der Waals surface area contributed by atoms with Crippen LogP contribution in [-0.4, -0.2) is 4.98 Å². The van der Waals surface area contributed by atoms with Crippen molar-refractivity contribution >= 4 is 28.6 Å². The molecule has 0 fully saturated rings. The molecule has 0 bridgehead atoms. The quantitative estimate of drug-likeness (QED) is 0.908. The van der Waals surface area contributed by atoms with Gasteiger partial charge in [0.1, 0.15) is 11.1 Å². The van der Waals surface area contributed by atoms with Crippen LogP contribution < -0.4 is 5.32 Å². The van der Waals surface area contributed by atoms with Gasteiger partial charge in [0.05, 0.1) is 17.3 Å². The molecule has 5 heteroatoms. The minimum Gasteiger partial charge on any atom is -0.375 e. The Labute approximate surface area is 121 Å². The van der Waals surface area contributed by atoms with Gasteiger partial charge in [0.15, 0.2) is 0 Å². The second-order valence-corrected chi connectivity index (χ2v) is 5.77. The number of nitrogens with zero attached hydrogens (tertiary/aromatic N) is 2. The second kappa shape index (κ2) is 6.05. The van der Waals surface area contributed by atoms with E-state index < -0.39 is 0 Å². The van der Waals surface area contributed by atoms with Crippen molar-refractivity contribution in [1.29, 1.82) is 5.26 Å². The van der Waals surface area contributed by atoms with E-state index in [0.717, 1.165) is 17.1 Å². The first kappa shape index (κ1) is 13.9. The Morgan fingerprint density at radius 3 is 2.95 bits per heavy atom. The molecule has 19 heavy (non-hydrogen) atoms. The molecule has 1 aromatic heterocycles. The molecule has 98 valence electrons. The van der Waals surface area contributed by atoms with Gasteiger partial charge in [-0.15, -0.1) is 11.3 Å². The summed E-state index contributed by atoms with van der Waals surface area (Å²) in [5, 5.41) is 14.0. The van der Waals surface area contributed by atoms with E-state index in [4.69, 9.17) is 16.9 Å². The van der Waals surface area contributed by atoms with Gasteiger partial charge in [0, 0.05) is 16.1 Å².